The molecule has 0 bridgehead atoms. The average molecular weight is 710 g/mol. The maximum atomic E-state index is 2.53. The number of rotatable bonds is 3. The van der Waals surface area contributed by atoms with E-state index in [0.717, 1.165) is 5.69 Å². The van der Waals surface area contributed by atoms with E-state index in [2.05, 4.69) is 177 Å². The summed E-state index contributed by atoms with van der Waals surface area (Å²) in [6.45, 7) is 0. The summed E-state index contributed by atoms with van der Waals surface area (Å²) >= 11 is 3.76. The van der Waals surface area contributed by atoms with Crippen LogP contribution in [0.4, 0.5) is 17.1 Å². The van der Waals surface area contributed by atoms with Gasteiger partial charge in [0.05, 0.1) is 49.2 Å². The van der Waals surface area contributed by atoms with E-state index in [-0.39, 0.29) is 0 Å². The minimum absolute atomic E-state index is 1.13. The zero-order valence-electron chi connectivity index (χ0n) is 28.2. The van der Waals surface area contributed by atoms with Crippen LogP contribution < -0.4 is 4.90 Å². The van der Waals surface area contributed by atoms with Crippen LogP contribution >= 0.6 is 22.7 Å². The van der Waals surface area contributed by atoms with Crippen molar-refractivity contribution in [1.29, 1.82) is 0 Å². The van der Waals surface area contributed by atoms with Crippen molar-refractivity contribution in [2.24, 2.45) is 0 Å². The molecule has 0 atom stereocenters. The number of thiophene rings is 2. The Labute approximate surface area is 310 Å². The van der Waals surface area contributed by atoms with Crippen LogP contribution in [0, 0.1) is 0 Å². The standard InChI is InChI=1S/C48H27N3S2/c1-5-16-36-29(11-1)32-24-25-33-30-12-2-6-17-37(30)51-41-27-28(23-26-38(41)50(36)46(32)47(33)51)49(39-18-10-22-44-45(39)35-14-4-8-21-43(35)52-44)40-19-9-15-34-31-13-3-7-20-42(31)53-48(34)40/h1-27H. The van der Waals surface area contributed by atoms with Gasteiger partial charge in [0.2, 0.25) is 0 Å². The molecule has 0 radical (unpaired) electrons. The van der Waals surface area contributed by atoms with E-state index in [1.807, 2.05) is 22.7 Å². The topological polar surface area (TPSA) is 12.1 Å². The Kier molecular flexibility index (Phi) is 5.40. The molecule has 0 amide bonds. The molecular weight excluding hydrogens is 683 g/mol. The SMILES string of the molecule is c1ccc2c(c1)sc1c(N(c3ccc4c(c3)n3c5ccccc5c5ccc6c7ccccc7n4c6c53)c3cccc4sc5ccccc5c34)cccc12. The Balaban J connectivity index is 1.22. The summed E-state index contributed by atoms with van der Waals surface area (Å²) in [5, 5.41) is 10.3. The van der Waals surface area contributed by atoms with Crippen LogP contribution in [0.5, 0.6) is 0 Å². The smallest absolute Gasteiger partial charge is 0.0789 e. The highest BCUT2D eigenvalue weighted by molar-refractivity contribution is 7.26. The van der Waals surface area contributed by atoms with E-state index in [1.165, 1.54) is 106 Å². The lowest BCUT2D eigenvalue weighted by molar-refractivity contribution is 1.24. The number of benzene rings is 8. The Bertz CT molecular complexity index is 3650. The van der Waals surface area contributed by atoms with Gasteiger partial charge >= 0.3 is 0 Å². The highest BCUT2D eigenvalue weighted by Gasteiger charge is 2.25. The van der Waals surface area contributed by atoms with Crippen molar-refractivity contribution in [1.82, 2.24) is 8.80 Å². The third-order valence-electron chi connectivity index (χ3n) is 11.4. The highest BCUT2D eigenvalue weighted by Crippen LogP contribution is 2.50. The summed E-state index contributed by atoms with van der Waals surface area (Å²) in [5.74, 6) is 0. The van der Waals surface area contributed by atoms with Crippen molar-refractivity contribution in [3.8, 4) is 0 Å². The summed E-state index contributed by atoms with van der Waals surface area (Å²) in [4.78, 5) is 2.53. The van der Waals surface area contributed by atoms with Crippen molar-refractivity contribution < 1.29 is 0 Å². The first kappa shape index (κ1) is 28.2. The van der Waals surface area contributed by atoms with E-state index in [4.69, 9.17) is 0 Å². The predicted octanol–water partition coefficient (Wildman–Crippen LogP) is 14.4. The van der Waals surface area contributed by atoms with Crippen LogP contribution in [-0.2, 0) is 0 Å². The molecule has 0 spiro atoms. The molecule has 246 valence electrons. The van der Waals surface area contributed by atoms with E-state index >= 15 is 0 Å². The third kappa shape index (κ3) is 3.58. The minimum Gasteiger partial charge on any atom is -0.308 e. The molecule has 3 nitrogen and oxygen atoms in total. The molecule has 0 fully saturated rings. The zero-order chi connectivity index (χ0) is 34.4. The normalized spacial score (nSPS) is 12.5. The molecule has 13 rings (SSSR count). The number of fused-ring (bicyclic) bond motifs is 15. The van der Waals surface area contributed by atoms with Crippen LogP contribution in [0.3, 0.4) is 0 Å². The Hall–Kier alpha value is -6.40. The summed E-state index contributed by atoms with van der Waals surface area (Å²) < 4.78 is 10.2. The van der Waals surface area contributed by atoms with Crippen LogP contribution in [0.2, 0.25) is 0 Å². The summed E-state index contributed by atoms with van der Waals surface area (Å²) in [6.07, 6.45) is 0. The third-order valence-corrected chi connectivity index (χ3v) is 13.8. The lowest BCUT2D eigenvalue weighted by Gasteiger charge is -2.27. The minimum atomic E-state index is 1.13. The molecule has 0 saturated carbocycles. The molecular formula is C48H27N3S2. The van der Waals surface area contributed by atoms with E-state index in [9.17, 15) is 0 Å². The molecule has 0 N–H and O–H groups in total. The van der Waals surface area contributed by atoms with Crippen LogP contribution in [-0.4, -0.2) is 8.80 Å². The van der Waals surface area contributed by atoms with Crippen molar-refractivity contribution in [2.75, 3.05) is 4.90 Å². The first-order chi connectivity index (χ1) is 26.3. The van der Waals surface area contributed by atoms with Crippen molar-refractivity contribution in [3.05, 3.63) is 164 Å². The molecule has 0 aliphatic carbocycles. The second kappa shape index (κ2) is 10.1. The van der Waals surface area contributed by atoms with Crippen molar-refractivity contribution >= 4 is 135 Å². The summed E-state index contributed by atoms with van der Waals surface area (Å²) in [6, 6.07) is 60.9. The fraction of sp³-hybridized carbons (Fsp3) is 0. The summed E-state index contributed by atoms with van der Waals surface area (Å²) in [7, 11) is 0. The van der Waals surface area contributed by atoms with Gasteiger partial charge in [-0.1, -0.05) is 103 Å². The maximum Gasteiger partial charge on any atom is 0.0789 e. The van der Waals surface area contributed by atoms with Gasteiger partial charge < -0.3 is 13.7 Å². The number of para-hydroxylation sites is 2. The Morgan fingerprint density at radius 2 is 0.925 bits per heavy atom. The first-order valence-electron chi connectivity index (χ1n) is 18.0. The quantitative estimate of drug-likeness (QED) is 0.166. The number of hydrogen-bond donors (Lipinski definition) is 0. The first-order valence-corrected chi connectivity index (χ1v) is 19.7. The van der Waals surface area contributed by atoms with Gasteiger partial charge in [0.25, 0.3) is 0 Å². The van der Waals surface area contributed by atoms with E-state index < -0.39 is 0 Å². The highest BCUT2D eigenvalue weighted by atomic mass is 32.1. The van der Waals surface area contributed by atoms with Crippen LogP contribution in [0.15, 0.2) is 164 Å². The molecule has 0 saturated heterocycles. The van der Waals surface area contributed by atoms with Gasteiger partial charge in [-0.15, -0.1) is 22.7 Å². The van der Waals surface area contributed by atoms with Gasteiger partial charge in [-0.05, 0) is 60.7 Å². The molecule has 5 aromatic heterocycles. The van der Waals surface area contributed by atoms with Gasteiger partial charge in [-0.25, -0.2) is 0 Å². The monoisotopic (exact) mass is 709 g/mol. The lowest BCUT2D eigenvalue weighted by atomic mass is 10.1. The molecule has 13 aromatic rings. The Morgan fingerprint density at radius 3 is 1.68 bits per heavy atom. The van der Waals surface area contributed by atoms with E-state index in [0.29, 0.717) is 0 Å². The molecule has 0 aliphatic heterocycles. The van der Waals surface area contributed by atoms with Gasteiger partial charge in [-0.3, -0.25) is 0 Å². The number of anilines is 3. The van der Waals surface area contributed by atoms with Gasteiger partial charge in [0.15, 0.2) is 0 Å². The number of nitrogens with zero attached hydrogens (tertiary/aromatic N) is 3. The van der Waals surface area contributed by atoms with Crippen LogP contribution in [0.1, 0.15) is 0 Å². The average Bonchev–Trinajstić information content (AvgIpc) is 3.96. The molecule has 0 unspecified atom stereocenters. The second-order valence-electron chi connectivity index (χ2n) is 14.1. The number of aromatic nitrogens is 2. The molecule has 8 aromatic carbocycles. The zero-order valence-corrected chi connectivity index (χ0v) is 29.9. The van der Waals surface area contributed by atoms with Crippen molar-refractivity contribution in [2.45, 2.75) is 0 Å². The Morgan fingerprint density at radius 1 is 0.358 bits per heavy atom. The molecule has 5 heterocycles. The number of hydrogen-bond acceptors (Lipinski definition) is 3. The fourth-order valence-electron chi connectivity index (χ4n) is 9.28. The van der Waals surface area contributed by atoms with Gasteiger partial charge in [0.1, 0.15) is 0 Å². The fourth-order valence-corrected chi connectivity index (χ4v) is 11.6. The lowest BCUT2D eigenvalue weighted by Crippen LogP contribution is -2.11. The largest absolute Gasteiger partial charge is 0.308 e. The predicted molar refractivity (Wildman–Crippen MR) is 230 cm³/mol. The summed E-state index contributed by atoms with van der Waals surface area (Å²) in [5.41, 5.74) is 10.9. The van der Waals surface area contributed by atoms with Gasteiger partial charge in [0, 0.05) is 62.9 Å². The molecule has 0 aliphatic rings. The molecule has 53 heavy (non-hydrogen) atoms. The van der Waals surface area contributed by atoms with Crippen molar-refractivity contribution in [3.63, 3.8) is 0 Å². The van der Waals surface area contributed by atoms with Gasteiger partial charge in [-0.2, -0.15) is 0 Å². The second-order valence-corrected chi connectivity index (χ2v) is 16.2. The van der Waals surface area contributed by atoms with E-state index in [1.54, 1.807) is 0 Å². The van der Waals surface area contributed by atoms with Crippen LogP contribution in [0.25, 0.3) is 95.0 Å². The maximum absolute atomic E-state index is 2.53. The molecule has 5 heteroatoms.